The number of amides is 1. The number of hydrogen-bond acceptors (Lipinski definition) is 4. The molecule has 3 aromatic rings. The zero-order valence-electron chi connectivity index (χ0n) is 15.0. The van der Waals surface area contributed by atoms with Gasteiger partial charge in [0.1, 0.15) is 5.82 Å². The van der Waals surface area contributed by atoms with Gasteiger partial charge in [-0.05, 0) is 37.3 Å². The number of alkyl halides is 3. The third-order valence-electron chi connectivity index (χ3n) is 4.28. The zero-order chi connectivity index (χ0) is 21.4. The first-order valence-corrected chi connectivity index (χ1v) is 8.28. The van der Waals surface area contributed by atoms with E-state index in [9.17, 15) is 27.5 Å². The number of fused-ring (bicyclic) bond motifs is 1. The molecule has 150 valence electrons. The van der Waals surface area contributed by atoms with Crippen LogP contribution in [0.2, 0.25) is 0 Å². The molecule has 0 saturated heterocycles. The fraction of sp³-hybridized carbons (Fsp3) is 0.211. The lowest BCUT2D eigenvalue weighted by atomic mass is 10.0. The molecule has 0 fully saturated rings. The molecule has 0 aliphatic rings. The second kappa shape index (κ2) is 7.18. The summed E-state index contributed by atoms with van der Waals surface area (Å²) < 4.78 is 54.2. The van der Waals surface area contributed by atoms with E-state index in [-0.39, 0.29) is 17.6 Å². The highest BCUT2D eigenvalue weighted by Crippen LogP contribution is 2.33. The second-order valence-corrected chi connectivity index (χ2v) is 6.57. The molecule has 2 N–H and O–H groups in total. The van der Waals surface area contributed by atoms with E-state index in [0.29, 0.717) is 11.6 Å². The number of hydrogen-bond donors (Lipinski definition) is 2. The Morgan fingerprint density at radius 3 is 2.69 bits per heavy atom. The second-order valence-electron chi connectivity index (χ2n) is 6.57. The monoisotopic (exact) mass is 406 g/mol. The van der Waals surface area contributed by atoms with Gasteiger partial charge in [-0.25, -0.2) is 4.39 Å². The van der Waals surface area contributed by atoms with Crippen LogP contribution >= 0.6 is 0 Å². The lowest BCUT2D eigenvalue weighted by molar-refractivity contribution is -0.138. The van der Waals surface area contributed by atoms with Gasteiger partial charge in [0, 0.05) is 5.69 Å². The summed E-state index contributed by atoms with van der Waals surface area (Å²) in [5.74, 6) is -1.51. The van der Waals surface area contributed by atoms with Crippen LogP contribution < -0.4 is 5.32 Å². The number of aromatic nitrogens is 2. The number of rotatable bonds is 4. The van der Waals surface area contributed by atoms with Crippen molar-refractivity contribution >= 4 is 22.5 Å². The van der Waals surface area contributed by atoms with Gasteiger partial charge in [0.2, 0.25) is 0 Å². The number of carbonyl (C=O) groups excluding carboxylic acids is 1. The molecule has 1 amide bonds. The fourth-order valence-electron chi connectivity index (χ4n) is 2.78. The van der Waals surface area contributed by atoms with Crippen molar-refractivity contribution in [1.82, 2.24) is 9.78 Å². The predicted molar refractivity (Wildman–Crippen MR) is 95.1 cm³/mol. The molecule has 0 bridgehead atoms. The standard InChI is InChI=1S/C19H14F4N4O2/c1-18(29,10-27-16-4-2-3-15(20)13(16)9-25-27)17(28)26-12-6-5-11(8-24)14(7-12)19(21,22)23/h2-7,9,29H,10H2,1H3,(H,26,28). The van der Waals surface area contributed by atoms with Crippen LogP contribution in [-0.4, -0.2) is 26.4 Å². The van der Waals surface area contributed by atoms with E-state index in [0.717, 1.165) is 19.1 Å². The molecule has 1 aromatic heterocycles. The Morgan fingerprint density at radius 2 is 2.03 bits per heavy atom. The maximum Gasteiger partial charge on any atom is 0.417 e. The minimum atomic E-state index is -4.79. The molecule has 29 heavy (non-hydrogen) atoms. The van der Waals surface area contributed by atoms with Crippen molar-refractivity contribution in [2.45, 2.75) is 25.2 Å². The molecule has 1 unspecified atom stereocenters. The van der Waals surface area contributed by atoms with Crippen molar-refractivity contribution in [3.05, 3.63) is 59.5 Å². The Hall–Kier alpha value is -3.45. The highest BCUT2D eigenvalue weighted by Gasteiger charge is 2.35. The smallest absolute Gasteiger partial charge is 0.378 e. The number of anilines is 1. The summed E-state index contributed by atoms with van der Waals surface area (Å²) in [6, 6.07) is 8.34. The van der Waals surface area contributed by atoms with E-state index < -0.39 is 34.6 Å². The normalized spacial score (nSPS) is 13.7. The molecule has 0 spiro atoms. The van der Waals surface area contributed by atoms with Crippen molar-refractivity contribution < 1.29 is 27.5 Å². The van der Waals surface area contributed by atoms with Crippen LogP contribution in [0.15, 0.2) is 42.6 Å². The summed E-state index contributed by atoms with van der Waals surface area (Å²) in [6.07, 6.45) is -3.54. The van der Waals surface area contributed by atoms with Crippen molar-refractivity contribution in [2.75, 3.05) is 5.32 Å². The van der Waals surface area contributed by atoms with Crippen molar-refractivity contribution in [3.63, 3.8) is 0 Å². The van der Waals surface area contributed by atoms with E-state index in [2.05, 4.69) is 10.4 Å². The van der Waals surface area contributed by atoms with Gasteiger partial charge in [0.05, 0.1) is 40.8 Å². The maximum atomic E-state index is 13.8. The first-order valence-electron chi connectivity index (χ1n) is 8.28. The molecule has 6 nitrogen and oxygen atoms in total. The van der Waals surface area contributed by atoms with E-state index in [1.165, 1.54) is 29.1 Å². The van der Waals surface area contributed by atoms with E-state index >= 15 is 0 Å². The average Bonchev–Trinajstić information content (AvgIpc) is 3.04. The molecule has 1 atom stereocenters. The third-order valence-corrected chi connectivity index (χ3v) is 4.28. The summed E-state index contributed by atoms with van der Waals surface area (Å²) in [6.45, 7) is 0.789. The number of nitriles is 1. The van der Waals surface area contributed by atoms with Crippen molar-refractivity contribution in [3.8, 4) is 6.07 Å². The van der Waals surface area contributed by atoms with Gasteiger partial charge in [-0.15, -0.1) is 0 Å². The van der Waals surface area contributed by atoms with Gasteiger partial charge in [-0.3, -0.25) is 9.48 Å². The molecule has 0 aliphatic heterocycles. The number of nitrogens with one attached hydrogen (secondary N) is 1. The van der Waals surface area contributed by atoms with Gasteiger partial charge in [-0.1, -0.05) is 6.07 Å². The lowest BCUT2D eigenvalue weighted by Crippen LogP contribution is -2.44. The average molecular weight is 406 g/mol. The van der Waals surface area contributed by atoms with Gasteiger partial charge in [0.25, 0.3) is 5.91 Å². The molecule has 0 radical (unpaired) electrons. The van der Waals surface area contributed by atoms with E-state index in [4.69, 9.17) is 5.26 Å². The largest absolute Gasteiger partial charge is 0.417 e. The molecule has 2 aromatic carbocycles. The molecule has 1 heterocycles. The van der Waals surface area contributed by atoms with Crippen LogP contribution in [0, 0.1) is 17.1 Å². The van der Waals surface area contributed by atoms with Gasteiger partial charge < -0.3 is 10.4 Å². The maximum absolute atomic E-state index is 13.8. The summed E-state index contributed by atoms with van der Waals surface area (Å²) >= 11 is 0. The molecule has 0 aliphatic carbocycles. The summed E-state index contributed by atoms with van der Waals surface area (Å²) in [4.78, 5) is 12.5. The van der Waals surface area contributed by atoms with Crippen molar-refractivity contribution in [1.29, 1.82) is 5.26 Å². The lowest BCUT2D eigenvalue weighted by Gasteiger charge is -2.23. The number of aliphatic hydroxyl groups is 1. The highest BCUT2D eigenvalue weighted by atomic mass is 19.4. The number of carbonyl (C=O) groups is 1. The van der Waals surface area contributed by atoms with Crippen LogP contribution in [0.3, 0.4) is 0 Å². The molecule has 3 rings (SSSR count). The first-order chi connectivity index (χ1) is 13.5. The van der Waals surface area contributed by atoms with E-state index in [1.807, 2.05) is 0 Å². The number of nitrogens with zero attached hydrogens (tertiary/aromatic N) is 3. The Labute approximate surface area is 162 Å². The van der Waals surface area contributed by atoms with Crippen LogP contribution in [0.4, 0.5) is 23.2 Å². The highest BCUT2D eigenvalue weighted by molar-refractivity contribution is 5.97. The summed E-state index contributed by atoms with van der Waals surface area (Å²) in [7, 11) is 0. The quantitative estimate of drug-likeness (QED) is 0.650. The van der Waals surface area contributed by atoms with Crippen LogP contribution in [0.5, 0.6) is 0 Å². The van der Waals surface area contributed by atoms with Gasteiger partial charge in [-0.2, -0.15) is 23.5 Å². The first kappa shape index (κ1) is 20.3. The zero-order valence-corrected chi connectivity index (χ0v) is 15.0. The van der Waals surface area contributed by atoms with Crippen LogP contribution in [-0.2, 0) is 17.5 Å². The SMILES string of the molecule is CC(O)(Cn1ncc2c(F)cccc21)C(=O)Nc1ccc(C#N)c(C(F)(F)F)c1. The molecule has 10 heteroatoms. The Balaban J connectivity index is 1.84. The number of benzene rings is 2. The topological polar surface area (TPSA) is 90.9 Å². The van der Waals surface area contributed by atoms with Crippen LogP contribution in [0.1, 0.15) is 18.1 Å². The minimum absolute atomic E-state index is 0.200. The third kappa shape index (κ3) is 4.05. The van der Waals surface area contributed by atoms with Crippen LogP contribution in [0.25, 0.3) is 10.9 Å². The number of halogens is 4. The Bertz CT molecular complexity index is 1130. The fourth-order valence-corrected chi connectivity index (χ4v) is 2.78. The summed E-state index contributed by atoms with van der Waals surface area (Å²) in [5, 5.41) is 25.7. The molecule has 0 saturated carbocycles. The summed E-state index contributed by atoms with van der Waals surface area (Å²) in [5.41, 5.74) is -3.76. The molecular formula is C19H14F4N4O2. The van der Waals surface area contributed by atoms with E-state index in [1.54, 1.807) is 6.07 Å². The van der Waals surface area contributed by atoms with Gasteiger partial charge >= 0.3 is 6.18 Å². The predicted octanol–water partition coefficient (Wildman–Crippen LogP) is 3.46. The van der Waals surface area contributed by atoms with Gasteiger partial charge in [0.15, 0.2) is 5.60 Å². The minimum Gasteiger partial charge on any atom is -0.378 e. The Morgan fingerprint density at radius 1 is 1.31 bits per heavy atom. The van der Waals surface area contributed by atoms with Crippen molar-refractivity contribution in [2.24, 2.45) is 0 Å². The Kier molecular flexibility index (Phi) is 5.02. The molecular weight excluding hydrogens is 392 g/mol.